The highest BCUT2D eigenvalue weighted by Gasteiger charge is 2.23. The number of thiophene rings is 1. The molecule has 0 spiro atoms. The predicted molar refractivity (Wildman–Crippen MR) is 133 cm³/mol. The lowest BCUT2D eigenvalue weighted by Gasteiger charge is -2.33. The van der Waals surface area contributed by atoms with Gasteiger partial charge in [-0.15, -0.1) is 11.3 Å². The van der Waals surface area contributed by atoms with E-state index in [1.165, 1.54) is 37.0 Å². The Hall–Kier alpha value is -2.38. The minimum atomic E-state index is -0.132. The maximum atomic E-state index is 13.1. The van der Waals surface area contributed by atoms with E-state index < -0.39 is 0 Å². The van der Waals surface area contributed by atoms with Gasteiger partial charge in [0.2, 0.25) is 0 Å². The van der Waals surface area contributed by atoms with Gasteiger partial charge in [0.15, 0.2) is 6.61 Å². The van der Waals surface area contributed by atoms with E-state index >= 15 is 0 Å². The number of piperidine rings is 2. The van der Waals surface area contributed by atoms with Crippen LogP contribution in [0.5, 0.6) is 5.75 Å². The Morgan fingerprint density at radius 1 is 1.06 bits per heavy atom. The van der Waals surface area contributed by atoms with Crippen molar-refractivity contribution < 1.29 is 14.3 Å². The molecule has 3 heterocycles. The summed E-state index contributed by atoms with van der Waals surface area (Å²) in [6, 6.07) is 12.4. The summed E-state index contributed by atoms with van der Waals surface area (Å²) in [6.45, 7) is 6.38. The molecule has 2 aliphatic heterocycles. The Balaban J connectivity index is 1.42. The Morgan fingerprint density at radius 2 is 1.82 bits per heavy atom. The first-order valence-electron chi connectivity index (χ1n) is 12.2. The van der Waals surface area contributed by atoms with Crippen LogP contribution in [0.1, 0.15) is 55.1 Å². The van der Waals surface area contributed by atoms with Crippen LogP contribution in [0.15, 0.2) is 36.4 Å². The lowest BCUT2D eigenvalue weighted by Crippen LogP contribution is -2.42. The molecule has 0 radical (unpaired) electrons. The van der Waals surface area contributed by atoms with E-state index in [-0.39, 0.29) is 18.4 Å². The fourth-order valence-corrected chi connectivity index (χ4v) is 5.66. The van der Waals surface area contributed by atoms with Crippen LogP contribution in [-0.4, -0.2) is 67.0 Å². The molecule has 0 saturated carbocycles. The number of nitrogens with one attached hydrogen (secondary N) is 1. The molecule has 2 aromatic rings. The Labute approximate surface area is 200 Å². The molecule has 1 aromatic heterocycles. The smallest absolute Gasteiger partial charge is 0.265 e. The first-order chi connectivity index (χ1) is 16.1. The van der Waals surface area contributed by atoms with Crippen molar-refractivity contribution in [1.82, 2.24) is 15.1 Å². The maximum Gasteiger partial charge on any atom is 0.265 e. The minimum Gasteiger partial charge on any atom is -0.482 e. The first kappa shape index (κ1) is 23.8. The van der Waals surface area contributed by atoms with E-state index in [1.54, 1.807) is 0 Å². The summed E-state index contributed by atoms with van der Waals surface area (Å²) in [7, 11) is 0. The molecule has 0 bridgehead atoms. The summed E-state index contributed by atoms with van der Waals surface area (Å²) in [5, 5.41) is 3.08. The van der Waals surface area contributed by atoms with Crippen LogP contribution in [-0.2, 0) is 4.79 Å². The van der Waals surface area contributed by atoms with Gasteiger partial charge in [-0.05, 0) is 57.2 Å². The standard InChI is InChI=1S/C26H35N3O3S/c1-20-10-6-9-14-28(20)17-13-27-26(31)25-22(18-23(33-25)21-11-4-2-5-12-21)32-19-24(30)29-15-7-3-8-16-29/h2,4-5,11-12,18,20H,3,6-10,13-17,19H2,1H3,(H,27,31). The highest BCUT2D eigenvalue weighted by molar-refractivity contribution is 7.17. The third-order valence-corrected chi connectivity index (χ3v) is 7.81. The molecular weight excluding hydrogens is 434 g/mol. The van der Waals surface area contributed by atoms with Gasteiger partial charge in [-0.3, -0.25) is 14.5 Å². The van der Waals surface area contributed by atoms with Gasteiger partial charge in [0.25, 0.3) is 11.8 Å². The monoisotopic (exact) mass is 469 g/mol. The van der Waals surface area contributed by atoms with Crippen molar-refractivity contribution in [3.8, 4) is 16.2 Å². The molecular formula is C26H35N3O3S. The van der Waals surface area contributed by atoms with Crippen LogP contribution in [0.25, 0.3) is 10.4 Å². The number of carbonyl (C=O) groups excluding carboxylic acids is 2. The normalized spacial score (nSPS) is 19.3. The molecule has 4 rings (SSSR count). The molecule has 6 nitrogen and oxygen atoms in total. The Bertz CT molecular complexity index is 924. The SMILES string of the molecule is CC1CCCCN1CCNC(=O)c1sc(-c2ccccc2)cc1OCC(=O)N1CCCCC1. The van der Waals surface area contributed by atoms with Gasteiger partial charge in [-0.25, -0.2) is 0 Å². The average Bonchev–Trinajstić information content (AvgIpc) is 3.29. The molecule has 1 N–H and O–H groups in total. The zero-order valence-electron chi connectivity index (χ0n) is 19.6. The van der Waals surface area contributed by atoms with Crippen LogP contribution in [0, 0.1) is 0 Å². The summed E-state index contributed by atoms with van der Waals surface area (Å²) in [4.78, 5) is 31.5. The van der Waals surface area contributed by atoms with E-state index in [2.05, 4.69) is 17.1 Å². The van der Waals surface area contributed by atoms with Crippen LogP contribution in [0.3, 0.4) is 0 Å². The number of rotatable bonds is 8. The Morgan fingerprint density at radius 3 is 2.58 bits per heavy atom. The van der Waals surface area contributed by atoms with Crippen molar-refractivity contribution in [3.05, 3.63) is 41.3 Å². The van der Waals surface area contributed by atoms with E-state index in [4.69, 9.17) is 4.74 Å². The number of hydrogen-bond donors (Lipinski definition) is 1. The lowest BCUT2D eigenvalue weighted by molar-refractivity contribution is -0.134. The molecule has 1 atom stereocenters. The van der Waals surface area contributed by atoms with E-state index in [1.807, 2.05) is 41.3 Å². The van der Waals surface area contributed by atoms with Crippen molar-refractivity contribution in [1.29, 1.82) is 0 Å². The maximum absolute atomic E-state index is 13.1. The second-order valence-corrected chi connectivity index (χ2v) is 10.1. The molecule has 2 fully saturated rings. The summed E-state index contributed by atoms with van der Waals surface area (Å²) >= 11 is 1.42. The van der Waals surface area contributed by atoms with Gasteiger partial charge in [-0.1, -0.05) is 36.8 Å². The fourth-order valence-electron chi connectivity index (χ4n) is 4.64. The van der Waals surface area contributed by atoms with Crippen LogP contribution in [0.4, 0.5) is 0 Å². The summed E-state index contributed by atoms with van der Waals surface area (Å²) in [5.74, 6) is 0.355. The largest absolute Gasteiger partial charge is 0.482 e. The molecule has 2 aliphatic rings. The first-order valence-corrected chi connectivity index (χ1v) is 13.1. The van der Waals surface area contributed by atoms with Crippen LogP contribution < -0.4 is 10.1 Å². The molecule has 0 aliphatic carbocycles. The zero-order valence-corrected chi connectivity index (χ0v) is 20.4. The van der Waals surface area contributed by atoms with E-state index in [0.717, 1.165) is 49.5 Å². The number of ether oxygens (including phenoxy) is 1. The molecule has 2 saturated heterocycles. The highest BCUT2D eigenvalue weighted by atomic mass is 32.1. The van der Waals surface area contributed by atoms with Crippen molar-refractivity contribution in [2.24, 2.45) is 0 Å². The third kappa shape index (κ3) is 6.36. The lowest BCUT2D eigenvalue weighted by atomic mass is 10.0. The molecule has 33 heavy (non-hydrogen) atoms. The van der Waals surface area contributed by atoms with Gasteiger partial charge >= 0.3 is 0 Å². The van der Waals surface area contributed by atoms with Gasteiger partial charge in [0.1, 0.15) is 10.6 Å². The minimum absolute atomic E-state index is 0.00685. The molecule has 1 aromatic carbocycles. The second-order valence-electron chi connectivity index (χ2n) is 9.04. The number of benzene rings is 1. The van der Waals surface area contributed by atoms with Crippen LogP contribution in [0.2, 0.25) is 0 Å². The zero-order chi connectivity index (χ0) is 23.0. The number of carbonyl (C=O) groups is 2. The molecule has 178 valence electrons. The van der Waals surface area contributed by atoms with Crippen molar-refractivity contribution in [2.45, 2.75) is 51.5 Å². The van der Waals surface area contributed by atoms with Gasteiger partial charge in [0.05, 0.1) is 0 Å². The number of amides is 2. The predicted octanol–water partition coefficient (Wildman–Crippen LogP) is 4.41. The average molecular weight is 470 g/mol. The van der Waals surface area contributed by atoms with Gasteiger partial charge in [-0.2, -0.15) is 0 Å². The quantitative estimate of drug-likeness (QED) is 0.622. The topological polar surface area (TPSA) is 61.9 Å². The van der Waals surface area contributed by atoms with E-state index in [9.17, 15) is 9.59 Å². The van der Waals surface area contributed by atoms with Gasteiger partial charge < -0.3 is 15.0 Å². The second kappa shape index (κ2) is 11.7. The van der Waals surface area contributed by atoms with Crippen molar-refractivity contribution in [3.63, 3.8) is 0 Å². The number of nitrogens with zero attached hydrogens (tertiary/aromatic N) is 2. The van der Waals surface area contributed by atoms with Gasteiger partial charge in [0, 0.05) is 37.1 Å². The fraction of sp³-hybridized carbons (Fsp3) is 0.538. The summed E-state index contributed by atoms with van der Waals surface area (Å²) in [5.41, 5.74) is 1.04. The highest BCUT2D eigenvalue weighted by Crippen LogP contribution is 2.36. The number of hydrogen-bond acceptors (Lipinski definition) is 5. The number of likely N-dealkylation sites (tertiary alicyclic amines) is 2. The summed E-state index contributed by atoms with van der Waals surface area (Å²) < 4.78 is 5.94. The third-order valence-electron chi connectivity index (χ3n) is 6.65. The van der Waals surface area contributed by atoms with E-state index in [0.29, 0.717) is 23.2 Å². The van der Waals surface area contributed by atoms with Crippen molar-refractivity contribution >= 4 is 23.2 Å². The molecule has 7 heteroatoms. The molecule has 1 unspecified atom stereocenters. The molecule has 2 amide bonds. The Kier molecular flexibility index (Phi) is 8.40. The van der Waals surface area contributed by atoms with Crippen molar-refractivity contribution in [2.75, 3.05) is 39.3 Å². The summed E-state index contributed by atoms with van der Waals surface area (Å²) in [6.07, 6.45) is 7.01. The van der Waals surface area contributed by atoms with Crippen LogP contribution >= 0.6 is 11.3 Å².